The van der Waals surface area contributed by atoms with Crippen molar-refractivity contribution in [3.63, 3.8) is 0 Å². The molecule has 0 radical (unpaired) electrons. The summed E-state index contributed by atoms with van der Waals surface area (Å²) in [4.78, 5) is 12.0. The number of rotatable bonds is 8. The molecule has 0 spiro atoms. The SMILES string of the molecule is O=C(NCCOCC1CC1)NCC1(c2ccc(F)cc2)CCCC1. The Kier molecular flexibility index (Phi) is 5.72. The molecule has 0 atom stereocenters. The molecule has 2 aliphatic rings. The highest BCUT2D eigenvalue weighted by Crippen LogP contribution is 2.40. The molecule has 0 bridgehead atoms. The Labute approximate surface area is 143 Å². The normalized spacial score (nSPS) is 19.2. The highest BCUT2D eigenvalue weighted by atomic mass is 19.1. The van der Waals surface area contributed by atoms with E-state index in [1.807, 2.05) is 12.1 Å². The van der Waals surface area contributed by atoms with Crippen molar-refractivity contribution >= 4 is 6.03 Å². The summed E-state index contributed by atoms with van der Waals surface area (Å²) >= 11 is 0. The average molecular weight is 334 g/mol. The summed E-state index contributed by atoms with van der Waals surface area (Å²) in [5.41, 5.74) is 1.06. The fourth-order valence-electron chi connectivity index (χ4n) is 3.51. The molecular formula is C19H27FN2O2. The lowest BCUT2D eigenvalue weighted by molar-refractivity contribution is 0.127. The first-order chi connectivity index (χ1) is 11.7. The molecule has 0 saturated heterocycles. The molecular weight excluding hydrogens is 307 g/mol. The van der Waals surface area contributed by atoms with Crippen LogP contribution in [0.25, 0.3) is 0 Å². The standard InChI is InChI=1S/C19H27FN2O2/c20-17-7-5-16(6-8-17)19(9-1-2-10-19)14-22-18(23)21-11-12-24-13-15-3-4-15/h5-8,15H,1-4,9-14H2,(H2,21,22,23). The quantitative estimate of drug-likeness (QED) is 0.716. The number of carbonyl (C=O) groups is 1. The van der Waals surface area contributed by atoms with E-state index in [2.05, 4.69) is 10.6 Å². The van der Waals surface area contributed by atoms with Gasteiger partial charge in [-0.25, -0.2) is 9.18 Å². The van der Waals surface area contributed by atoms with E-state index in [9.17, 15) is 9.18 Å². The Morgan fingerprint density at radius 2 is 1.88 bits per heavy atom. The molecule has 2 saturated carbocycles. The van der Waals surface area contributed by atoms with E-state index in [0.717, 1.165) is 43.8 Å². The second-order valence-corrected chi connectivity index (χ2v) is 7.12. The molecule has 0 aliphatic heterocycles. The lowest BCUT2D eigenvalue weighted by Crippen LogP contribution is -2.44. The number of ether oxygens (including phenoxy) is 1. The van der Waals surface area contributed by atoms with Crippen molar-refractivity contribution in [2.24, 2.45) is 5.92 Å². The number of benzene rings is 1. The van der Waals surface area contributed by atoms with Gasteiger partial charge in [-0.1, -0.05) is 25.0 Å². The minimum atomic E-state index is -0.219. The van der Waals surface area contributed by atoms with Gasteiger partial charge in [0.05, 0.1) is 6.61 Å². The van der Waals surface area contributed by atoms with Gasteiger partial charge in [-0.2, -0.15) is 0 Å². The van der Waals surface area contributed by atoms with Crippen LogP contribution in [0.4, 0.5) is 9.18 Å². The Morgan fingerprint density at radius 3 is 2.54 bits per heavy atom. The van der Waals surface area contributed by atoms with Crippen molar-refractivity contribution in [3.8, 4) is 0 Å². The summed E-state index contributed by atoms with van der Waals surface area (Å²) in [6.45, 7) is 2.50. The molecule has 24 heavy (non-hydrogen) atoms. The molecule has 4 nitrogen and oxygen atoms in total. The third-order valence-corrected chi connectivity index (χ3v) is 5.19. The molecule has 1 aromatic rings. The van der Waals surface area contributed by atoms with Crippen molar-refractivity contribution in [2.75, 3.05) is 26.3 Å². The molecule has 2 N–H and O–H groups in total. The number of nitrogens with one attached hydrogen (secondary N) is 2. The Bertz CT molecular complexity index is 537. The molecule has 3 rings (SSSR count). The van der Waals surface area contributed by atoms with Gasteiger partial charge in [0.2, 0.25) is 0 Å². The summed E-state index contributed by atoms with van der Waals surface area (Å²) in [7, 11) is 0. The van der Waals surface area contributed by atoms with Crippen LogP contribution in [-0.2, 0) is 10.2 Å². The summed E-state index contributed by atoms with van der Waals surface area (Å²) in [6.07, 6.45) is 6.91. The maximum Gasteiger partial charge on any atom is 0.314 e. The Morgan fingerprint density at radius 1 is 1.17 bits per heavy atom. The second kappa shape index (κ2) is 7.97. The number of urea groups is 1. The lowest BCUT2D eigenvalue weighted by atomic mass is 9.79. The zero-order valence-corrected chi connectivity index (χ0v) is 14.2. The van der Waals surface area contributed by atoms with Crippen molar-refractivity contribution in [1.29, 1.82) is 0 Å². The largest absolute Gasteiger partial charge is 0.379 e. The zero-order valence-electron chi connectivity index (χ0n) is 14.2. The fourth-order valence-corrected chi connectivity index (χ4v) is 3.51. The molecule has 0 aromatic heterocycles. The van der Waals surface area contributed by atoms with Gasteiger partial charge in [-0.3, -0.25) is 0 Å². The molecule has 2 amide bonds. The summed E-state index contributed by atoms with van der Waals surface area (Å²) < 4.78 is 18.7. The second-order valence-electron chi connectivity index (χ2n) is 7.12. The molecule has 0 unspecified atom stereocenters. The molecule has 132 valence electrons. The van der Waals surface area contributed by atoms with Crippen LogP contribution in [0.2, 0.25) is 0 Å². The monoisotopic (exact) mass is 334 g/mol. The van der Waals surface area contributed by atoms with Crippen LogP contribution in [0.5, 0.6) is 0 Å². The topological polar surface area (TPSA) is 50.4 Å². The van der Waals surface area contributed by atoms with E-state index in [-0.39, 0.29) is 17.3 Å². The van der Waals surface area contributed by atoms with Gasteiger partial charge in [0.15, 0.2) is 0 Å². The predicted molar refractivity (Wildman–Crippen MR) is 91.5 cm³/mol. The number of amides is 2. The van der Waals surface area contributed by atoms with Crippen molar-refractivity contribution in [1.82, 2.24) is 10.6 Å². The molecule has 5 heteroatoms. The van der Waals surface area contributed by atoms with E-state index < -0.39 is 0 Å². The molecule has 2 aliphatic carbocycles. The predicted octanol–water partition coefficient (Wildman–Crippen LogP) is 3.36. The van der Waals surface area contributed by atoms with Crippen LogP contribution in [0.15, 0.2) is 24.3 Å². The number of hydrogen-bond acceptors (Lipinski definition) is 2. The maximum absolute atomic E-state index is 13.2. The van der Waals surface area contributed by atoms with Crippen LogP contribution in [0.1, 0.15) is 44.1 Å². The van der Waals surface area contributed by atoms with Crippen LogP contribution in [0, 0.1) is 11.7 Å². The van der Waals surface area contributed by atoms with Gasteiger partial charge < -0.3 is 15.4 Å². The average Bonchev–Trinajstić information content (AvgIpc) is 3.29. The number of carbonyl (C=O) groups excluding carboxylic acids is 1. The van der Waals surface area contributed by atoms with Crippen LogP contribution in [0.3, 0.4) is 0 Å². The molecule has 1 aromatic carbocycles. The minimum absolute atomic E-state index is 0.0620. The Hall–Kier alpha value is -1.62. The zero-order chi connectivity index (χ0) is 16.8. The van der Waals surface area contributed by atoms with E-state index in [4.69, 9.17) is 4.74 Å². The summed E-state index contributed by atoms with van der Waals surface area (Å²) in [5, 5.41) is 5.83. The molecule has 0 heterocycles. The van der Waals surface area contributed by atoms with E-state index in [1.165, 1.54) is 25.0 Å². The van der Waals surface area contributed by atoms with Crippen molar-refractivity contribution in [2.45, 2.75) is 43.9 Å². The maximum atomic E-state index is 13.2. The van der Waals surface area contributed by atoms with Gasteiger partial charge in [0, 0.05) is 25.1 Å². The van der Waals surface area contributed by atoms with E-state index in [1.54, 1.807) is 0 Å². The number of halogens is 1. The third-order valence-electron chi connectivity index (χ3n) is 5.19. The molecule has 2 fully saturated rings. The first kappa shape index (κ1) is 17.2. The minimum Gasteiger partial charge on any atom is -0.379 e. The first-order valence-electron chi connectivity index (χ1n) is 9.03. The van der Waals surface area contributed by atoms with Gasteiger partial charge in [0.1, 0.15) is 5.82 Å². The van der Waals surface area contributed by atoms with E-state index in [0.29, 0.717) is 19.7 Å². The Balaban J connectivity index is 1.43. The van der Waals surface area contributed by atoms with Crippen LogP contribution < -0.4 is 10.6 Å². The lowest BCUT2D eigenvalue weighted by Gasteiger charge is -2.30. The smallest absolute Gasteiger partial charge is 0.314 e. The van der Waals surface area contributed by atoms with Gasteiger partial charge in [-0.15, -0.1) is 0 Å². The van der Waals surface area contributed by atoms with Crippen molar-refractivity contribution < 1.29 is 13.9 Å². The van der Waals surface area contributed by atoms with Crippen LogP contribution >= 0.6 is 0 Å². The van der Waals surface area contributed by atoms with Gasteiger partial charge in [-0.05, 0) is 49.3 Å². The van der Waals surface area contributed by atoms with Crippen LogP contribution in [-0.4, -0.2) is 32.3 Å². The highest BCUT2D eigenvalue weighted by Gasteiger charge is 2.35. The van der Waals surface area contributed by atoms with Crippen molar-refractivity contribution in [3.05, 3.63) is 35.6 Å². The number of hydrogen-bond donors (Lipinski definition) is 2. The van der Waals surface area contributed by atoms with Gasteiger partial charge >= 0.3 is 6.03 Å². The van der Waals surface area contributed by atoms with E-state index >= 15 is 0 Å². The summed E-state index contributed by atoms with van der Waals surface area (Å²) in [6, 6.07) is 6.57. The summed E-state index contributed by atoms with van der Waals surface area (Å²) in [5.74, 6) is 0.528. The fraction of sp³-hybridized carbons (Fsp3) is 0.632. The van der Waals surface area contributed by atoms with Gasteiger partial charge in [0.25, 0.3) is 0 Å². The highest BCUT2D eigenvalue weighted by molar-refractivity contribution is 5.74. The third kappa shape index (κ3) is 4.69. The first-order valence-corrected chi connectivity index (χ1v) is 9.03.